The Hall–Kier alpha value is -1.41. The second kappa shape index (κ2) is 5.30. The number of aldehydes is 1. The summed E-state index contributed by atoms with van der Waals surface area (Å²) in [4.78, 5) is 10.6. The Labute approximate surface area is 114 Å². The molecule has 2 aromatic rings. The van der Waals surface area contributed by atoms with E-state index in [1.165, 1.54) is 23.5 Å². The normalized spacial score (nSPS) is 11.6. The van der Waals surface area contributed by atoms with Gasteiger partial charge in [-0.05, 0) is 19.1 Å². The van der Waals surface area contributed by atoms with Gasteiger partial charge in [-0.3, -0.25) is 4.79 Å². The van der Waals surface area contributed by atoms with E-state index in [1.807, 2.05) is 0 Å². The molecule has 0 N–H and O–H groups in total. The topological polar surface area (TPSA) is 42.9 Å². The van der Waals surface area contributed by atoms with Crippen LogP contribution < -0.4 is 0 Å². The van der Waals surface area contributed by atoms with Crippen molar-refractivity contribution in [1.82, 2.24) is 10.2 Å². The van der Waals surface area contributed by atoms with Gasteiger partial charge < -0.3 is 0 Å². The quantitative estimate of drug-likeness (QED) is 0.808. The van der Waals surface area contributed by atoms with Crippen molar-refractivity contribution >= 4 is 29.4 Å². The first kappa shape index (κ1) is 14.0. The third kappa shape index (κ3) is 3.32. The molecule has 0 radical (unpaired) electrons. The zero-order valence-electron chi connectivity index (χ0n) is 9.56. The highest BCUT2D eigenvalue weighted by atomic mass is 32.2. The largest absolute Gasteiger partial charge is 0.417 e. The fraction of sp³-hybridized carbons (Fsp3) is 0.182. The van der Waals surface area contributed by atoms with Crippen LogP contribution in [0.3, 0.4) is 0 Å². The highest BCUT2D eigenvalue weighted by Gasteiger charge is 2.34. The van der Waals surface area contributed by atoms with E-state index in [9.17, 15) is 18.0 Å². The summed E-state index contributed by atoms with van der Waals surface area (Å²) in [6.45, 7) is 1.72. The maximum atomic E-state index is 12.9. The van der Waals surface area contributed by atoms with Gasteiger partial charge in [0, 0.05) is 10.5 Å². The lowest BCUT2D eigenvalue weighted by Crippen LogP contribution is -2.07. The van der Waals surface area contributed by atoms with E-state index in [0.29, 0.717) is 15.6 Å². The second-order valence-electron chi connectivity index (χ2n) is 3.56. The Balaban J connectivity index is 2.41. The van der Waals surface area contributed by atoms with E-state index < -0.39 is 11.7 Å². The summed E-state index contributed by atoms with van der Waals surface area (Å²) in [5, 5.41) is 8.20. The van der Waals surface area contributed by atoms with E-state index in [1.54, 1.807) is 6.92 Å². The molecule has 2 rings (SSSR count). The Kier molecular flexibility index (Phi) is 3.91. The van der Waals surface area contributed by atoms with Crippen LogP contribution in [0.4, 0.5) is 13.2 Å². The average molecular weight is 304 g/mol. The van der Waals surface area contributed by atoms with Crippen molar-refractivity contribution in [1.29, 1.82) is 0 Å². The number of nitrogens with zero attached hydrogens (tertiary/aromatic N) is 2. The highest BCUT2D eigenvalue weighted by Crippen LogP contribution is 2.40. The summed E-state index contributed by atoms with van der Waals surface area (Å²) >= 11 is 2.11. The van der Waals surface area contributed by atoms with Crippen molar-refractivity contribution in [2.24, 2.45) is 0 Å². The van der Waals surface area contributed by atoms with Crippen LogP contribution in [0.15, 0.2) is 27.4 Å². The minimum absolute atomic E-state index is 0.00856. The number of aromatic nitrogens is 2. The standard InChI is InChI=1S/C11H7F3N2OS2/c1-6-15-16-10(18-6)19-9-3-2-7(5-17)4-8(9)11(12,13)14/h2-5H,1H3. The fourth-order valence-corrected chi connectivity index (χ4v) is 3.25. The van der Waals surface area contributed by atoms with Gasteiger partial charge in [0.2, 0.25) is 0 Å². The SMILES string of the molecule is Cc1nnc(Sc2ccc(C=O)cc2C(F)(F)F)s1. The van der Waals surface area contributed by atoms with Gasteiger partial charge in [-0.1, -0.05) is 29.2 Å². The molecule has 100 valence electrons. The van der Waals surface area contributed by atoms with Crippen LogP contribution in [0.1, 0.15) is 20.9 Å². The van der Waals surface area contributed by atoms with E-state index >= 15 is 0 Å². The predicted molar refractivity (Wildman–Crippen MR) is 65.6 cm³/mol. The van der Waals surface area contributed by atoms with Gasteiger partial charge in [0.1, 0.15) is 11.3 Å². The lowest BCUT2D eigenvalue weighted by molar-refractivity contribution is -0.139. The van der Waals surface area contributed by atoms with Gasteiger partial charge >= 0.3 is 6.18 Å². The Morgan fingerprint density at radius 1 is 1.32 bits per heavy atom. The van der Waals surface area contributed by atoms with Gasteiger partial charge in [-0.25, -0.2) is 0 Å². The Morgan fingerprint density at radius 2 is 2.05 bits per heavy atom. The molecular weight excluding hydrogens is 297 g/mol. The van der Waals surface area contributed by atoms with Crippen molar-refractivity contribution in [3.8, 4) is 0 Å². The smallest absolute Gasteiger partial charge is 0.298 e. The van der Waals surface area contributed by atoms with Crippen molar-refractivity contribution in [2.75, 3.05) is 0 Å². The second-order valence-corrected chi connectivity index (χ2v) is 6.03. The molecule has 0 spiro atoms. The summed E-state index contributed by atoms with van der Waals surface area (Å²) in [6.07, 6.45) is -4.13. The van der Waals surface area contributed by atoms with Crippen molar-refractivity contribution in [2.45, 2.75) is 22.3 Å². The number of alkyl halides is 3. The molecule has 0 aliphatic heterocycles. The van der Waals surface area contributed by atoms with E-state index in [0.717, 1.165) is 17.8 Å². The molecule has 0 aliphatic rings. The van der Waals surface area contributed by atoms with Crippen LogP contribution in [0, 0.1) is 6.92 Å². The zero-order valence-corrected chi connectivity index (χ0v) is 11.2. The first-order valence-corrected chi connectivity index (χ1v) is 6.68. The van der Waals surface area contributed by atoms with Crippen LogP contribution in [-0.4, -0.2) is 16.5 Å². The molecule has 0 aliphatic carbocycles. The number of rotatable bonds is 3. The molecule has 0 amide bonds. The number of benzene rings is 1. The minimum atomic E-state index is -4.51. The van der Waals surface area contributed by atoms with Gasteiger partial charge in [0.05, 0.1) is 5.56 Å². The molecule has 3 nitrogen and oxygen atoms in total. The number of carbonyl (C=O) groups excluding carboxylic acids is 1. The van der Waals surface area contributed by atoms with Crippen LogP contribution >= 0.6 is 23.1 Å². The summed E-state index contributed by atoms with van der Waals surface area (Å²) in [6, 6.07) is 3.45. The number of carbonyl (C=O) groups is 1. The lowest BCUT2D eigenvalue weighted by atomic mass is 10.1. The summed E-state index contributed by atoms with van der Waals surface area (Å²) < 4.78 is 39.2. The number of halogens is 3. The third-order valence-electron chi connectivity index (χ3n) is 2.15. The monoisotopic (exact) mass is 304 g/mol. The van der Waals surface area contributed by atoms with Crippen molar-refractivity contribution in [3.05, 3.63) is 34.3 Å². The molecular formula is C11H7F3N2OS2. The van der Waals surface area contributed by atoms with E-state index in [4.69, 9.17) is 0 Å². The highest BCUT2D eigenvalue weighted by molar-refractivity contribution is 8.01. The maximum absolute atomic E-state index is 12.9. The van der Waals surface area contributed by atoms with Gasteiger partial charge in [-0.15, -0.1) is 10.2 Å². The minimum Gasteiger partial charge on any atom is -0.298 e. The van der Waals surface area contributed by atoms with Gasteiger partial charge in [0.15, 0.2) is 4.34 Å². The molecule has 1 aromatic carbocycles. The first-order valence-electron chi connectivity index (χ1n) is 5.04. The Morgan fingerprint density at radius 3 is 2.58 bits per heavy atom. The summed E-state index contributed by atoms with van der Waals surface area (Å²) in [5.41, 5.74) is -0.847. The average Bonchev–Trinajstić information content (AvgIpc) is 2.74. The summed E-state index contributed by atoms with van der Waals surface area (Å²) in [5.74, 6) is 0. The molecule has 1 aromatic heterocycles. The van der Waals surface area contributed by atoms with Crippen LogP contribution in [-0.2, 0) is 6.18 Å². The van der Waals surface area contributed by atoms with Gasteiger partial charge in [0.25, 0.3) is 0 Å². The van der Waals surface area contributed by atoms with Crippen LogP contribution in [0.5, 0.6) is 0 Å². The van der Waals surface area contributed by atoms with Crippen LogP contribution in [0.25, 0.3) is 0 Å². The molecule has 0 atom stereocenters. The number of hydrogen-bond donors (Lipinski definition) is 0. The molecule has 8 heteroatoms. The lowest BCUT2D eigenvalue weighted by Gasteiger charge is -2.11. The molecule has 0 bridgehead atoms. The molecule has 0 saturated heterocycles. The summed E-state index contributed by atoms with van der Waals surface area (Å²) in [7, 11) is 0. The van der Waals surface area contributed by atoms with Crippen molar-refractivity contribution in [3.63, 3.8) is 0 Å². The first-order chi connectivity index (χ1) is 8.90. The zero-order chi connectivity index (χ0) is 14.0. The van der Waals surface area contributed by atoms with Crippen LogP contribution in [0.2, 0.25) is 0 Å². The van der Waals surface area contributed by atoms with E-state index in [2.05, 4.69) is 10.2 Å². The Bertz CT molecular complexity index is 610. The third-order valence-corrected chi connectivity index (χ3v) is 4.12. The molecule has 0 fully saturated rings. The molecule has 0 unspecified atom stereocenters. The number of hydrogen-bond acceptors (Lipinski definition) is 5. The maximum Gasteiger partial charge on any atom is 0.417 e. The van der Waals surface area contributed by atoms with E-state index in [-0.39, 0.29) is 10.5 Å². The molecule has 1 heterocycles. The van der Waals surface area contributed by atoms with Crippen molar-refractivity contribution < 1.29 is 18.0 Å². The predicted octanol–water partition coefficient (Wildman–Crippen LogP) is 3.83. The fourth-order valence-electron chi connectivity index (χ4n) is 1.35. The molecule has 0 saturated carbocycles. The number of aryl methyl sites for hydroxylation is 1. The van der Waals surface area contributed by atoms with Gasteiger partial charge in [-0.2, -0.15) is 13.2 Å². The molecule has 19 heavy (non-hydrogen) atoms.